The van der Waals surface area contributed by atoms with Crippen LogP contribution in [-0.4, -0.2) is 82.4 Å². The summed E-state index contributed by atoms with van der Waals surface area (Å²) in [7, 11) is 1.93. The van der Waals surface area contributed by atoms with Crippen LogP contribution >= 0.6 is 11.3 Å². The number of benzene rings is 1. The van der Waals surface area contributed by atoms with Gasteiger partial charge in [-0.3, -0.25) is 24.1 Å². The highest BCUT2D eigenvalue weighted by atomic mass is 32.1. The number of carbonyl (C=O) groups is 5. The van der Waals surface area contributed by atoms with E-state index in [-0.39, 0.29) is 48.2 Å². The standard InChI is InChI=1S/C38H55N5O7S/c1-8-24(5)33(42-35(46)30-17-13-14-18-43(30)7)36(47)40-28(23(3)4)21-31(50-32(44)9-2)37-41-29(22-51-37)34(45)39-27(19-25(6)38(48)49)20-26-15-11-10-12-16-26/h9-12,15-16,22-25,27-28,30-31,33H,2,8,13-14,17-21H2,1,3-7H3,(H,39,45)(H,40,47)(H,42,46)(H,48,49)/t24-,25-,27+,28+,30+,31+,33-/m0/s1. The molecular formula is C38H55N5O7S. The van der Waals surface area contributed by atoms with Crippen molar-refractivity contribution in [2.75, 3.05) is 13.6 Å². The Morgan fingerprint density at radius 3 is 2.37 bits per heavy atom. The fraction of sp³-hybridized carbons (Fsp3) is 0.579. The van der Waals surface area contributed by atoms with Crippen LogP contribution in [0.5, 0.6) is 0 Å². The van der Waals surface area contributed by atoms with E-state index < -0.39 is 48.0 Å². The molecule has 3 rings (SSSR count). The third kappa shape index (κ3) is 12.6. The minimum atomic E-state index is -0.952. The Morgan fingerprint density at radius 2 is 1.76 bits per heavy atom. The van der Waals surface area contributed by atoms with Gasteiger partial charge in [-0.15, -0.1) is 11.3 Å². The lowest BCUT2D eigenvalue weighted by Gasteiger charge is -2.34. The zero-order valence-electron chi connectivity index (χ0n) is 30.7. The number of amides is 3. The van der Waals surface area contributed by atoms with E-state index in [1.54, 1.807) is 12.3 Å². The van der Waals surface area contributed by atoms with Crippen molar-refractivity contribution in [3.05, 3.63) is 64.6 Å². The largest absolute Gasteiger partial charge is 0.481 e. The van der Waals surface area contributed by atoms with Gasteiger partial charge in [0.05, 0.1) is 12.0 Å². The number of nitrogens with zero attached hydrogens (tertiary/aromatic N) is 2. The fourth-order valence-electron chi connectivity index (χ4n) is 6.16. The van der Waals surface area contributed by atoms with Gasteiger partial charge in [0.15, 0.2) is 6.10 Å². The molecule has 280 valence electrons. The summed E-state index contributed by atoms with van der Waals surface area (Å²) in [6, 6.07) is 7.51. The maximum absolute atomic E-state index is 13.8. The van der Waals surface area contributed by atoms with E-state index in [2.05, 4.69) is 27.5 Å². The minimum absolute atomic E-state index is 0.0886. The summed E-state index contributed by atoms with van der Waals surface area (Å²) in [4.78, 5) is 71.3. The van der Waals surface area contributed by atoms with Crippen LogP contribution in [0.1, 0.15) is 100 Å². The van der Waals surface area contributed by atoms with Crippen LogP contribution in [0.15, 0.2) is 48.4 Å². The van der Waals surface area contributed by atoms with Crippen molar-refractivity contribution in [3.8, 4) is 0 Å². The number of hydrogen-bond acceptors (Lipinski definition) is 9. The summed E-state index contributed by atoms with van der Waals surface area (Å²) in [5, 5.41) is 20.5. The second kappa shape index (κ2) is 20.1. The SMILES string of the molecule is C=CC(=O)O[C@H](C[C@@H](NC(=O)[C@@H](NC(=O)[C@H]1CCCCN1C)[C@@H](C)CC)C(C)C)c1nc(C(=O)N[C@@H](Cc2ccccc2)C[C@H](C)C(=O)O)cs1. The number of thiazole rings is 1. The van der Waals surface area contributed by atoms with E-state index in [4.69, 9.17) is 4.74 Å². The van der Waals surface area contributed by atoms with Gasteiger partial charge in [0, 0.05) is 30.0 Å². The summed E-state index contributed by atoms with van der Waals surface area (Å²) >= 11 is 1.15. The third-order valence-corrected chi connectivity index (χ3v) is 10.6. The smallest absolute Gasteiger partial charge is 0.330 e. The van der Waals surface area contributed by atoms with Crippen LogP contribution in [0.25, 0.3) is 0 Å². The Balaban J connectivity index is 1.79. The van der Waals surface area contributed by atoms with Gasteiger partial charge in [-0.2, -0.15) is 0 Å². The van der Waals surface area contributed by atoms with Crippen molar-refractivity contribution in [2.45, 2.75) is 110 Å². The van der Waals surface area contributed by atoms with Gasteiger partial charge in [-0.25, -0.2) is 9.78 Å². The molecule has 13 heteroatoms. The van der Waals surface area contributed by atoms with Crippen LogP contribution in [0.4, 0.5) is 0 Å². The molecule has 1 aromatic heterocycles. The number of ether oxygens (including phenoxy) is 1. The molecule has 1 aliphatic heterocycles. The van der Waals surface area contributed by atoms with E-state index in [0.29, 0.717) is 17.8 Å². The van der Waals surface area contributed by atoms with Gasteiger partial charge in [-0.1, -0.05) is 84.4 Å². The van der Waals surface area contributed by atoms with Crippen molar-refractivity contribution in [3.63, 3.8) is 0 Å². The number of esters is 1. The van der Waals surface area contributed by atoms with Crippen molar-refractivity contribution in [1.29, 1.82) is 0 Å². The van der Waals surface area contributed by atoms with E-state index in [1.807, 2.05) is 70.0 Å². The number of hydrogen-bond donors (Lipinski definition) is 4. The van der Waals surface area contributed by atoms with Crippen LogP contribution < -0.4 is 16.0 Å². The second-order valence-corrected chi connectivity index (χ2v) is 14.9. The van der Waals surface area contributed by atoms with Gasteiger partial charge < -0.3 is 25.8 Å². The number of nitrogens with one attached hydrogen (secondary N) is 3. The van der Waals surface area contributed by atoms with Crippen molar-refractivity contribution >= 4 is 41.0 Å². The predicted octanol–water partition coefficient (Wildman–Crippen LogP) is 4.91. The minimum Gasteiger partial charge on any atom is -0.481 e. The average molecular weight is 726 g/mol. The summed E-state index contributed by atoms with van der Waals surface area (Å²) in [6.07, 6.45) is 4.37. The molecule has 1 fully saturated rings. The first-order valence-corrected chi connectivity index (χ1v) is 18.8. The molecule has 2 heterocycles. The zero-order chi connectivity index (χ0) is 37.7. The topological polar surface area (TPSA) is 167 Å². The molecule has 0 saturated carbocycles. The monoisotopic (exact) mass is 725 g/mol. The number of aliphatic carboxylic acids is 1. The highest BCUT2D eigenvalue weighted by Crippen LogP contribution is 2.29. The molecular weight excluding hydrogens is 671 g/mol. The molecule has 51 heavy (non-hydrogen) atoms. The van der Waals surface area contributed by atoms with E-state index >= 15 is 0 Å². The molecule has 12 nitrogen and oxygen atoms in total. The summed E-state index contributed by atoms with van der Waals surface area (Å²) < 4.78 is 5.73. The Morgan fingerprint density at radius 1 is 1.06 bits per heavy atom. The first-order valence-electron chi connectivity index (χ1n) is 17.9. The van der Waals surface area contributed by atoms with Crippen LogP contribution in [-0.2, 0) is 30.3 Å². The van der Waals surface area contributed by atoms with Gasteiger partial charge in [0.25, 0.3) is 5.91 Å². The lowest BCUT2D eigenvalue weighted by atomic mass is 9.94. The van der Waals surface area contributed by atoms with Crippen LogP contribution in [0.2, 0.25) is 0 Å². The summed E-state index contributed by atoms with van der Waals surface area (Å²) in [6.45, 7) is 13.7. The number of likely N-dealkylation sites (N-methyl/N-ethyl adjacent to an activating group) is 1. The lowest BCUT2D eigenvalue weighted by molar-refractivity contribution is -0.144. The van der Waals surface area contributed by atoms with Gasteiger partial charge >= 0.3 is 11.9 Å². The number of piperidine rings is 1. The van der Waals surface area contributed by atoms with Crippen LogP contribution in [0, 0.1) is 17.8 Å². The van der Waals surface area contributed by atoms with E-state index in [1.165, 1.54) is 0 Å². The number of rotatable bonds is 19. The van der Waals surface area contributed by atoms with E-state index in [9.17, 15) is 29.1 Å². The van der Waals surface area contributed by atoms with Crippen molar-refractivity contribution in [1.82, 2.24) is 25.8 Å². The highest BCUT2D eigenvalue weighted by molar-refractivity contribution is 7.09. The molecule has 1 saturated heterocycles. The number of likely N-dealkylation sites (tertiary alicyclic amines) is 1. The first kappa shape index (κ1) is 41.3. The number of aromatic nitrogens is 1. The summed E-state index contributed by atoms with van der Waals surface area (Å²) in [5.74, 6) is -3.49. The van der Waals surface area contributed by atoms with Gasteiger partial charge in [-0.05, 0) is 56.7 Å². The predicted molar refractivity (Wildman–Crippen MR) is 197 cm³/mol. The Hall–Kier alpha value is -4.10. The quantitative estimate of drug-likeness (QED) is 0.116. The number of carbonyl (C=O) groups excluding carboxylic acids is 4. The van der Waals surface area contributed by atoms with Crippen molar-refractivity contribution in [2.24, 2.45) is 17.8 Å². The van der Waals surface area contributed by atoms with E-state index in [0.717, 1.165) is 48.8 Å². The van der Waals surface area contributed by atoms with Gasteiger partial charge in [0.2, 0.25) is 11.8 Å². The highest BCUT2D eigenvalue weighted by Gasteiger charge is 2.34. The Bertz CT molecular complexity index is 1480. The Kier molecular flexibility index (Phi) is 16.3. The molecule has 3 amide bonds. The lowest BCUT2D eigenvalue weighted by Crippen LogP contribution is -2.57. The second-order valence-electron chi connectivity index (χ2n) is 14.0. The molecule has 0 bridgehead atoms. The molecule has 0 unspecified atom stereocenters. The molecule has 0 radical (unpaired) electrons. The first-order chi connectivity index (χ1) is 24.2. The Labute approximate surface area is 305 Å². The molecule has 2 aromatic rings. The maximum atomic E-state index is 13.8. The van der Waals surface area contributed by atoms with Crippen LogP contribution in [0.3, 0.4) is 0 Å². The number of carboxylic acids is 1. The molecule has 7 atom stereocenters. The average Bonchev–Trinajstić information content (AvgIpc) is 3.60. The normalized spacial score (nSPS) is 18.4. The fourth-order valence-corrected chi connectivity index (χ4v) is 7.00. The molecule has 4 N–H and O–H groups in total. The molecule has 1 aromatic carbocycles. The molecule has 0 spiro atoms. The number of carboxylic acid groups (broad SMARTS) is 1. The van der Waals surface area contributed by atoms with Crippen molar-refractivity contribution < 1.29 is 33.8 Å². The third-order valence-electron chi connectivity index (χ3n) is 9.64. The zero-order valence-corrected chi connectivity index (χ0v) is 31.5. The van der Waals surface area contributed by atoms with Gasteiger partial charge in [0.1, 0.15) is 16.7 Å². The molecule has 1 aliphatic rings. The summed E-state index contributed by atoms with van der Waals surface area (Å²) in [5.41, 5.74) is 1.06. The maximum Gasteiger partial charge on any atom is 0.330 e. The molecule has 0 aliphatic carbocycles.